The van der Waals surface area contributed by atoms with E-state index in [4.69, 9.17) is 14.2 Å². The number of amides is 1. The Balaban J connectivity index is 1.75. The van der Waals surface area contributed by atoms with Gasteiger partial charge in [-0.25, -0.2) is 4.98 Å². The van der Waals surface area contributed by atoms with Gasteiger partial charge in [-0.1, -0.05) is 13.0 Å². The summed E-state index contributed by atoms with van der Waals surface area (Å²) in [6, 6.07) is 11.2. The molecule has 9 heteroatoms. The van der Waals surface area contributed by atoms with Crippen molar-refractivity contribution in [2.75, 3.05) is 27.4 Å². The number of carbonyl (C=O) groups is 2. The van der Waals surface area contributed by atoms with Crippen LogP contribution in [0.2, 0.25) is 0 Å². The number of imidazole rings is 1. The Morgan fingerprint density at radius 2 is 1.81 bits per heavy atom. The van der Waals surface area contributed by atoms with Gasteiger partial charge < -0.3 is 28.8 Å². The molecule has 37 heavy (non-hydrogen) atoms. The van der Waals surface area contributed by atoms with Crippen molar-refractivity contribution in [3.05, 3.63) is 77.9 Å². The van der Waals surface area contributed by atoms with E-state index in [9.17, 15) is 14.7 Å². The van der Waals surface area contributed by atoms with Crippen LogP contribution in [0.5, 0.6) is 17.2 Å². The first-order valence-corrected chi connectivity index (χ1v) is 12.2. The Morgan fingerprint density at radius 3 is 2.46 bits per heavy atom. The van der Waals surface area contributed by atoms with E-state index in [1.807, 2.05) is 17.7 Å². The number of ether oxygens (including phenoxy) is 3. The molecule has 1 amide bonds. The molecule has 0 bridgehead atoms. The van der Waals surface area contributed by atoms with Gasteiger partial charge in [0.2, 0.25) is 0 Å². The number of rotatable bonds is 11. The van der Waals surface area contributed by atoms with Gasteiger partial charge in [0, 0.05) is 31.0 Å². The van der Waals surface area contributed by atoms with Crippen LogP contribution in [0.25, 0.3) is 5.76 Å². The maximum Gasteiger partial charge on any atom is 0.295 e. The van der Waals surface area contributed by atoms with Crippen LogP contribution >= 0.6 is 0 Å². The summed E-state index contributed by atoms with van der Waals surface area (Å²) in [4.78, 5) is 32.1. The Kier molecular flexibility index (Phi) is 8.12. The van der Waals surface area contributed by atoms with Crippen LogP contribution in [-0.4, -0.2) is 58.6 Å². The molecule has 1 aliphatic heterocycles. The lowest BCUT2D eigenvalue weighted by Crippen LogP contribution is -2.31. The molecule has 0 saturated carbocycles. The zero-order valence-electron chi connectivity index (χ0n) is 21.2. The van der Waals surface area contributed by atoms with E-state index in [2.05, 4.69) is 4.98 Å². The fourth-order valence-electron chi connectivity index (χ4n) is 4.39. The van der Waals surface area contributed by atoms with Crippen LogP contribution in [0.3, 0.4) is 0 Å². The number of ketones is 1. The lowest BCUT2D eigenvalue weighted by atomic mass is 9.95. The summed E-state index contributed by atoms with van der Waals surface area (Å²) in [5.41, 5.74) is 1.08. The molecule has 2 aromatic carbocycles. The molecule has 0 unspecified atom stereocenters. The maximum atomic E-state index is 13.3. The van der Waals surface area contributed by atoms with E-state index in [-0.39, 0.29) is 11.3 Å². The summed E-state index contributed by atoms with van der Waals surface area (Å²) in [6.07, 6.45) is 6.67. The summed E-state index contributed by atoms with van der Waals surface area (Å²) in [6.45, 7) is 3.47. The Morgan fingerprint density at radius 1 is 1.03 bits per heavy atom. The number of aliphatic hydroxyl groups is 1. The van der Waals surface area contributed by atoms with Gasteiger partial charge in [0.1, 0.15) is 11.5 Å². The topological polar surface area (TPSA) is 103 Å². The standard InChI is InChI=1S/C28H31N3O6/c1-4-16-37-22-11-8-20(17-23(22)36-3)25-24(26(32)19-6-9-21(35-2)10-7-19)27(33)28(34)31(25)14-5-13-30-15-12-29-18-30/h6-12,15,17-18,25,32H,4-5,13-14,16H2,1-3H3/b26-24+/t25-/m0/s1. The molecule has 1 atom stereocenters. The minimum atomic E-state index is -0.793. The first-order valence-electron chi connectivity index (χ1n) is 12.2. The number of aliphatic hydroxyl groups excluding tert-OH is 1. The van der Waals surface area contributed by atoms with Crippen molar-refractivity contribution in [1.82, 2.24) is 14.5 Å². The normalized spacial score (nSPS) is 16.7. The molecule has 2 heterocycles. The quantitative estimate of drug-likeness (QED) is 0.237. The number of hydrogen-bond donors (Lipinski definition) is 1. The second kappa shape index (κ2) is 11.6. The Hall–Kier alpha value is -4.27. The number of likely N-dealkylation sites (tertiary alicyclic amines) is 1. The van der Waals surface area contributed by atoms with E-state index in [0.29, 0.717) is 54.5 Å². The third-order valence-electron chi connectivity index (χ3n) is 6.24. The lowest BCUT2D eigenvalue weighted by molar-refractivity contribution is -0.139. The van der Waals surface area contributed by atoms with Crippen LogP contribution in [0, 0.1) is 0 Å². The highest BCUT2D eigenvalue weighted by atomic mass is 16.5. The average molecular weight is 506 g/mol. The number of carbonyl (C=O) groups excluding carboxylic acids is 2. The molecular weight excluding hydrogens is 474 g/mol. The average Bonchev–Trinajstić information content (AvgIpc) is 3.54. The number of benzene rings is 2. The maximum absolute atomic E-state index is 13.3. The van der Waals surface area contributed by atoms with E-state index in [0.717, 1.165) is 6.42 Å². The number of methoxy groups -OCH3 is 2. The molecule has 1 aromatic heterocycles. The molecule has 1 saturated heterocycles. The molecule has 1 N–H and O–H groups in total. The van der Waals surface area contributed by atoms with Gasteiger partial charge in [0.25, 0.3) is 11.7 Å². The number of hydrogen-bond acceptors (Lipinski definition) is 7. The number of nitrogens with zero attached hydrogens (tertiary/aromatic N) is 3. The van der Waals surface area contributed by atoms with Crippen LogP contribution in [0.1, 0.15) is 36.9 Å². The van der Waals surface area contributed by atoms with Crippen LogP contribution in [0.15, 0.2) is 66.8 Å². The van der Waals surface area contributed by atoms with Gasteiger partial charge in [-0.2, -0.15) is 0 Å². The molecule has 0 aliphatic carbocycles. The summed E-state index contributed by atoms with van der Waals surface area (Å²) < 4.78 is 18.4. The van der Waals surface area contributed by atoms with Gasteiger partial charge in [0.05, 0.1) is 38.8 Å². The van der Waals surface area contributed by atoms with E-state index in [1.165, 1.54) is 12.0 Å². The second-order valence-electron chi connectivity index (χ2n) is 8.63. The van der Waals surface area contributed by atoms with Crippen molar-refractivity contribution in [3.63, 3.8) is 0 Å². The minimum absolute atomic E-state index is 0.0297. The highest BCUT2D eigenvalue weighted by Crippen LogP contribution is 2.42. The molecule has 0 spiro atoms. The molecule has 1 fully saturated rings. The van der Waals surface area contributed by atoms with E-state index in [1.54, 1.807) is 62.1 Å². The molecular formula is C28H31N3O6. The zero-order chi connectivity index (χ0) is 26.4. The summed E-state index contributed by atoms with van der Waals surface area (Å²) in [5, 5.41) is 11.3. The lowest BCUT2D eigenvalue weighted by Gasteiger charge is -2.26. The third-order valence-corrected chi connectivity index (χ3v) is 6.24. The third kappa shape index (κ3) is 5.45. The van der Waals surface area contributed by atoms with Crippen molar-refractivity contribution in [1.29, 1.82) is 0 Å². The number of aryl methyl sites for hydroxylation is 1. The van der Waals surface area contributed by atoms with Crippen molar-refractivity contribution in [3.8, 4) is 17.2 Å². The SMILES string of the molecule is CCCOc1ccc([C@H]2/C(=C(\O)c3ccc(OC)cc3)C(=O)C(=O)N2CCCn2ccnc2)cc1OC. The summed E-state index contributed by atoms with van der Waals surface area (Å²) in [5.74, 6) is 0.0377. The van der Waals surface area contributed by atoms with Crippen LogP contribution in [-0.2, 0) is 16.1 Å². The smallest absolute Gasteiger partial charge is 0.295 e. The largest absolute Gasteiger partial charge is 0.507 e. The van der Waals surface area contributed by atoms with Crippen LogP contribution in [0.4, 0.5) is 0 Å². The number of aromatic nitrogens is 2. The Bertz CT molecular complexity index is 1270. The van der Waals surface area contributed by atoms with Gasteiger partial charge in [-0.05, 0) is 54.8 Å². The molecule has 3 aromatic rings. The van der Waals surface area contributed by atoms with Crippen molar-refractivity contribution in [2.24, 2.45) is 0 Å². The van der Waals surface area contributed by atoms with E-state index < -0.39 is 17.7 Å². The molecule has 4 rings (SSSR count). The van der Waals surface area contributed by atoms with Gasteiger partial charge >= 0.3 is 0 Å². The van der Waals surface area contributed by atoms with Crippen LogP contribution < -0.4 is 14.2 Å². The molecule has 194 valence electrons. The first kappa shape index (κ1) is 25.8. The number of Topliss-reactive ketones (excluding diaryl/α,β-unsaturated/α-hetero) is 1. The fourth-order valence-corrected chi connectivity index (χ4v) is 4.39. The minimum Gasteiger partial charge on any atom is -0.507 e. The van der Waals surface area contributed by atoms with Crippen molar-refractivity contribution < 1.29 is 28.9 Å². The first-order chi connectivity index (χ1) is 18.0. The zero-order valence-corrected chi connectivity index (χ0v) is 21.2. The highest BCUT2D eigenvalue weighted by Gasteiger charge is 2.46. The molecule has 0 radical (unpaired) electrons. The molecule has 1 aliphatic rings. The fraction of sp³-hybridized carbons (Fsp3) is 0.321. The predicted octanol–water partition coefficient (Wildman–Crippen LogP) is 4.20. The van der Waals surface area contributed by atoms with Gasteiger partial charge in [0.15, 0.2) is 11.5 Å². The van der Waals surface area contributed by atoms with Crippen molar-refractivity contribution in [2.45, 2.75) is 32.4 Å². The van der Waals surface area contributed by atoms with Gasteiger partial charge in [-0.3, -0.25) is 9.59 Å². The summed E-state index contributed by atoms with van der Waals surface area (Å²) >= 11 is 0. The highest BCUT2D eigenvalue weighted by molar-refractivity contribution is 6.46. The predicted molar refractivity (Wildman–Crippen MR) is 138 cm³/mol. The Labute approximate surface area is 215 Å². The monoisotopic (exact) mass is 505 g/mol. The second-order valence-corrected chi connectivity index (χ2v) is 8.63. The van der Waals surface area contributed by atoms with E-state index >= 15 is 0 Å². The van der Waals surface area contributed by atoms with Gasteiger partial charge in [-0.15, -0.1) is 0 Å². The molecule has 9 nitrogen and oxygen atoms in total. The summed E-state index contributed by atoms with van der Waals surface area (Å²) in [7, 11) is 3.09. The van der Waals surface area contributed by atoms with Crippen molar-refractivity contribution >= 4 is 17.4 Å².